The number of hydrogen-bond donors (Lipinski definition) is 1. The van der Waals surface area contributed by atoms with Crippen molar-refractivity contribution in [3.8, 4) is 0 Å². The number of nitrogens with one attached hydrogen (secondary N) is 1. The lowest BCUT2D eigenvalue weighted by molar-refractivity contribution is -0.0710. The van der Waals surface area contributed by atoms with E-state index in [9.17, 15) is 4.79 Å². The third-order valence-corrected chi connectivity index (χ3v) is 3.52. The first kappa shape index (κ1) is 13.3. The van der Waals surface area contributed by atoms with Gasteiger partial charge >= 0.3 is 0 Å². The molecule has 0 aromatic carbocycles. The number of morpholine rings is 1. The lowest BCUT2D eigenvalue weighted by Crippen LogP contribution is -2.45. The van der Waals surface area contributed by atoms with E-state index in [0.717, 1.165) is 13.1 Å². The summed E-state index contributed by atoms with van der Waals surface area (Å²) in [6.07, 6.45) is 1.95. The van der Waals surface area contributed by atoms with Gasteiger partial charge in [-0.25, -0.2) is 4.98 Å². The first-order valence-corrected chi connectivity index (χ1v) is 6.81. The van der Waals surface area contributed by atoms with Crippen molar-refractivity contribution in [1.82, 2.24) is 24.6 Å². The molecule has 1 aliphatic heterocycles. The number of aromatic amines is 1. The van der Waals surface area contributed by atoms with E-state index in [0.29, 0.717) is 23.4 Å². The highest BCUT2D eigenvalue weighted by atomic mass is 16.5. The highest BCUT2D eigenvalue weighted by Gasteiger charge is 2.23. The molecule has 1 aliphatic rings. The molecule has 1 saturated heterocycles. The quantitative estimate of drug-likeness (QED) is 0.852. The molecule has 20 heavy (non-hydrogen) atoms. The van der Waals surface area contributed by atoms with Gasteiger partial charge in [-0.05, 0) is 13.8 Å². The fraction of sp³-hybridized carbons (Fsp3) is 0.615. The molecule has 2 aromatic rings. The largest absolute Gasteiger partial charge is 0.373 e. The van der Waals surface area contributed by atoms with Gasteiger partial charge in [0.15, 0.2) is 5.65 Å². The Morgan fingerprint density at radius 2 is 2.10 bits per heavy atom. The molecule has 2 atom stereocenters. The smallest absolute Gasteiger partial charge is 0.262 e. The number of rotatable bonds is 2. The standard InChI is InChI=1S/C13H19N5O2/c1-8-5-18(6-9(2)20-8)7-11-15-12-10(13(19)16-11)4-14-17(12)3/h4,8-9H,5-7H2,1-3H3,(H,15,16,19)/t8-,9-/m1/s1. The summed E-state index contributed by atoms with van der Waals surface area (Å²) in [5.74, 6) is 0.674. The van der Waals surface area contributed by atoms with Gasteiger partial charge in [-0.1, -0.05) is 0 Å². The second-order valence-corrected chi connectivity index (χ2v) is 5.47. The van der Waals surface area contributed by atoms with Crippen molar-refractivity contribution >= 4 is 11.0 Å². The number of aryl methyl sites for hydroxylation is 1. The van der Waals surface area contributed by atoms with Gasteiger partial charge in [0.05, 0.1) is 24.9 Å². The predicted molar refractivity (Wildman–Crippen MR) is 74.4 cm³/mol. The number of H-pyrrole nitrogens is 1. The first-order valence-electron chi connectivity index (χ1n) is 6.81. The molecular weight excluding hydrogens is 258 g/mol. The average Bonchev–Trinajstić information content (AvgIpc) is 2.70. The Labute approximate surface area is 116 Å². The van der Waals surface area contributed by atoms with Crippen LogP contribution in [-0.4, -0.2) is 49.9 Å². The Hall–Kier alpha value is -1.73. The number of hydrogen-bond acceptors (Lipinski definition) is 5. The second kappa shape index (κ2) is 4.99. The Morgan fingerprint density at radius 1 is 1.40 bits per heavy atom. The van der Waals surface area contributed by atoms with Gasteiger partial charge in [-0.15, -0.1) is 0 Å². The van der Waals surface area contributed by atoms with E-state index in [1.807, 2.05) is 0 Å². The zero-order valence-corrected chi connectivity index (χ0v) is 12.0. The highest BCUT2D eigenvalue weighted by molar-refractivity contribution is 5.72. The maximum Gasteiger partial charge on any atom is 0.262 e. The molecule has 3 heterocycles. The van der Waals surface area contributed by atoms with Crippen LogP contribution in [0.1, 0.15) is 19.7 Å². The molecule has 0 saturated carbocycles. The molecule has 3 rings (SSSR count). The molecule has 7 nitrogen and oxygen atoms in total. The van der Waals surface area contributed by atoms with E-state index < -0.39 is 0 Å². The summed E-state index contributed by atoms with van der Waals surface area (Å²) in [4.78, 5) is 21.6. The average molecular weight is 277 g/mol. The van der Waals surface area contributed by atoms with Crippen molar-refractivity contribution < 1.29 is 4.74 Å². The highest BCUT2D eigenvalue weighted by Crippen LogP contribution is 2.13. The zero-order valence-electron chi connectivity index (χ0n) is 12.0. The zero-order chi connectivity index (χ0) is 14.3. The van der Waals surface area contributed by atoms with Crippen molar-refractivity contribution in [3.63, 3.8) is 0 Å². The fourth-order valence-electron chi connectivity index (χ4n) is 2.78. The predicted octanol–water partition coefficient (Wildman–Crippen LogP) is 0.266. The maximum absolute atomic E-state index is 12.0. The van der Waals surface area contributed by atoms with Crippen LogP contribution in [0, 0.1) is 0 Å². The third-order valence-electron chi connectivity index (χ3n) is 3.52. The van der Waals surface area contributed by atoms with Gasteiger partial charge in [0, 0.05) is 20.1 Å². The van der Waals surface area contributed by atoms with Gasteiger partial charge in [0.1, 0.15) is 11.2 Å². The fourth-order valence-corrected chi connectivity index (χ4v) is 2.78. The van der Waals surface area contributed by atoms with Crippen LogP contribution in [0.3, 0.4) is 0 Å². The molecule has 0 amide bonds. The maximum atomic E-state index is 12.0. The Balaban J connectivity index is 1.87. The summed E-state index contributed by atoms with van der Waals surface area (Å²) in [5, 5.41) is 4.60. The van der Waals surface area contributed by atoms with Crippen LogP contribution in [0.5, 0.6) is 0 Å². The van der Waals surface area contributed by atoms with E-state index in [1.165, 1.54) is 0 Å². The minimum absolute atomic E-state index is 0.132. The Kier molecular flexibility index (Phi) is 3.31. The summed E-state index contributed by atoms with van der Waals surface area (Å²) < 4.78 is 7.33. The van der Waals surface area contributed by atoms with Gasteiger partial charge in [-0.3, -0.25) is 14.4 Å². The van der Waals surface area contributed by atoms with Crippen LogP contribution in [-0.2, 0) is 18.3 Å². The minimum Gasteiger partial charge on any atom is -0.373 e. The first-order chi connectivity index (χ1) is 9.52. The molecule has 1 fully saturated rings. The molecule has 2 aromatic heterocycles. The Morgan fingerprint density at radius 3 is 2.80 bits per heavy atom. The van der Waals surface area contributed by atoms with Crippen molar-refractivity contribution in [2.45, 2.75) is 32.6 Å². The van der Waals surface area contributed by atoms with E-state index in [-0.39, 0.29) is 17.8 Å². The SMILES string of the molecule is C[C@@H]1CN(Cc2nc3c(cnn3C)c(=O)[nH]2)C[C@@H](C)O1. The van der Waals surface area contributed by atoms with Crippen LogP contribution in [0.15, 0.2) is 11.0 Å². The molecule has 0 radical (unpaired) electrons. The molecule has 0 bridgehead atoms. The normalized spacial score (nSPS) is 24.4. The Bertz CT molecular complexity index is 667. The summed E-state index contributed by atoms with van der Waals surface area (Å²) >= 11 is 0. The van der Waals surface area contributed by atoms with E-state index in [2.05, 4.69) is 33.8 Å². The lowest BCUT2D eigenvalue weighted by atomic mass is 10.2. The molecular formula is C13H19N5O2. The molecule has 108 valence electrons. The van der Waals surface area contributed by atoms with Gasteiger partial charge < -0.3 is 9.72 Å². The van der Waals surface area contributed by atoms with Crippen molar-refractivity contribution in [1.29, 1.82) is 0 Å². The summed E-state index contributed by atoms with van der Waals surface area (Å²) in [5.41, 5.74) is 0.491. The van der Waals surface area contributed by atoms with Gasteiger partial charge in [0.25, 0.3) is 5.56 Å². The topological polar surface area (TPSA) is 76.0 Å². The molecule has 7 heteroatoms. The third kappa shape index (κ3) is 2.46. The van der Waals surface area contributed by atoms with E-state index in [1.54, 1.807) is 17.9 Å². The monoisotopic (exact) mass is 277 g/mol. The summed E-state index contributed by atoms with van der Waals surface area (Å²) in [6, 6.07) is 0. The van der Waals surface area contributed by atoms with Crippen LogP contribution in [0.4, 0.5) is 0 Å². The lowest BCUT2D eigenvalue weighted by Gasteiger charge is -2.34. The van der Waals surface area contributed by atoms with Gasteiger partial charge in [-0.2, -0.15) is 5.10 Å². The van der Waals surface area contributed by atoms with Crippen molar-refractivity contribution in [3.05, 3.63) is 22.4 Å². The van der Waals surface area contributed by atoms with Crippen molar-refractivity contribution in [2.75, 3.05) is 13.1 Å². The van der Waals surface area contributed by atoms with E-state index in [4.69, 9.17) is 4.74 Å². The number of nitrogens with zero attached hydrogens (tertiary/aromatic N) is 4. The number of aromatic nitrogens is 4. The van der Waals surface area contributed by atoms with Gasteiger partial charge in [0.2, 0.25) is 0 Å². The van der Waals surface area contributed by atoms with Crippen LogP contribution < -0.4 is 5.56 Å². The molecule has 0 spiro atoms. The summed E-state index contributed by atoms with van der Waals surface area (Å²) in [7, 11) is 1.79. The molecule has 1 N–H and O–H groups in total. The van der Waals surface area contributed by atoms with E-state index >= 15 is 0 Å². The minimum atomic E-state index is -0.132. The number of ether oxygens (including phenoxy) is 1. The van der Waals surface area contributed by atoms with Crippen LogP contribution >= 0.6 is 0 Å². The number of fused-ring (bicyclic) bond motifs is 1. The van der Waals surface area contributed by atoms with Crippen LogP contribution in [0.25, 0.3) is 11.0 Å². The second-order valence-electron chi connectivity index (χ2n) is 5.47. The summed E-state index contributed by atoms with van der Waals surface area (Å²) in [6.45, 7) is 6.43. The van der Waals surface area contributed by atoms with Crippen LogP contribution in [0.2, 0.25) is 0 Å². The molecule has 0 unspecified atom stereocenters. The van der Waals surface area contributed by atoms with Crippen molar-refractivity contribution in [2.24, 2.45) is 7.05 Å². The molecule has 0 aliphatic carbocycles.